The highest BCUT2D eigenvalue weighted by Crippen LogP contribution is 2.31. The lowest BCUT2D eigenvalue weighted by Gasteiger charge is -2.05. The van der Waals surface area contributed by atoms with Crippen LogP contribution >= 0.6 is 11.6 Å². The van der Waals surface area contributed by atoms with Gasteiger partial charge in [0.05, 0.1) is 17.7 Å². The summed E-state index contributed by atoms with van der Waals surface area (Å²) in [5, 5.41) is 12.4. The number of nitrogens with one attached hydrogen (secondary N) is 1. The van der Waals surface area contributed by atoms with Gasteiger partial charge in [-0.2, -0.15) is 5.26 Å². The van der Waals surface area contributed by atoms with Gasteiger partial charge in [0.25, 0.3) is 5.91 Å². The Labute approximate surface area is 178 Å². The Bertz CT molecular complexity index is 1170. The number of esters is 1. The van der Waals surface area contributed by atoms with Crippen LogP contribution in [0, 0.1) is 18.3 Å². The van der Waals surface area contributed by atoms with Gasteiger partial charge in [-0.3, -0.25) is 4.79 Å². The number of aryl methyl sites for hydroxylation is 1. The zero-order valence-electron chi connectivity index (χ0n) is 16.2. The highest BCUT2D eigenvalue weighted by Gasteiger charge is 2.15. The van der Waals surface area contributed by atoms with Crippen molar-refractivity contribution in [2.24, 2.45) is 0 Å². The molecule has 3 rings (SSSR count). The van der Waals surface area contributed by atoms with E-state index in [1.165, 1.54) is 13.2 Å². The predicted molar refractivity (Wildman–Crippen MR) is 114 cm³/mol. The molecule has 0 saturated carbocycles. The summed E-state index contributed by atoms with van der Waals surface area (Å²) in [7, 11) is 1.29. The fourth-order valence-corrected chi connectivity index (χ4v) is 2.87. The van der Waals surface area contributed by atoms with Crippen LogP contribution in [0.4, 0.5) is 5.69 Å². The van der Waals surface area contributed by atoms with Crippen LogP contribution < -0.4 is 5.32 Å². The van der Waals surface area contributed by atoms with Crippen molar-refractivity contribution >= 4 is 35.2 Å². The summed E-state index contributed by atoms with van der Waals surface area (Å²) in [6.45, 7) is 1.94. The zero-order chi connectivity index (χ0) is 21.7. The first-order valence-corrected chi connectivity index (χ1v) is 9.27. The van der Waals surface area contributed by atoms with Gasteiger partial charge in [0, 0.05) is 17.3 Å². The van der Waals surface area contributed by atoms with Gasteiger partial charge < -0.3 is 14.5 Å². The lowest BCUT2D eigenvalue weighted by molar-refractivity contribution is -0.112. The Morgan fingerprint density at radius 2 is 1.87 bits per heavy atom. The normalized spacial score (nSPS) is 10.9. The molecule has 30 heavy (non-hydrogen) atoms. The summed E-state index contributed by atoms with van der Waals surface area (Å²) < 4.78 is 10.4. The first-order chi connectivity index (χ1) is 14.4. The smallest absolute Gasteiger partial charge is 0.337 e. The Morgan fingerprint density at radius 3 is 2.53 bits per heavy atom. The second-order valence-electron chi connectivity index (χ2n) is 6.38. The van der Waals surface area contributed by atoms with Crippen LogP contribution in [0.5, 0.6) is 0 Å². The number of carbonyl (C=O) groups is 2. The third kappa shape index (κ3) is 4.77. The topological polar surface area (TPSA) is 92.3 Å². The summed E-state index contributed by atoms with van der Waals surface area (Å²) in [5.74, 6) is -0.377. The maximum atomic E-state index is 12.4. The van der Waals surface area contributed by atoms with E-state index in [0.29, 0.717) is 33.4 Å². The molecule has 0 radical (unpaired) electrons. The van der Waals surface area contributed by atoms with E-state index in [2.05, 4.69) is 5.32 Å². The van der Waals surface area contributed by atoms with Crippen molar-refractivity contribution in [3.63, 3.8) is 0 Å². The Kier molecular flexibility index (Phi) is 6.35. The standard InChI is InChI=1S/C23H17ClN2O4/c1-14-3-6-17(7-4-14)26-22(27)16(13-25)11-18-8-10-21(30-18)19-12-15(23(28)29-2)5-9-20(19)24/h3-12H,1-2H3,(H,26,27)/b16-11+. The number of anilines is 1. The second kappa shape index (κ2) is 9.12. The highest BCUT2D eigenvalue weighted by molar-refractivity contribution is 6.33. The van der Waals surface area contributed by atoms with Crippen LogP contribution in [-0.2, 0) is 9.53 Å². The number of halogens is 1. The molecule has 0 unspecified atom stereocenters. The van der Waals surface area contributed by atoms with E-state index in [1.807, 2.05) is 25.1 Å². The Hall–Kier alpha value is -3.82. The molecule has 2 aromatic carbocycles. The largest absolute Gasteiger partial charge is 0.465 e. The van der Waals surface area contributed by atoms with E-state index in [0.717, 1.165) is 5.56 Å². The van der Waals surface area contributed by atoms with E-state index in [9.17, 15) is 14.9 Å². The van der Waals surface area contributed by atoms with E-state index in [-0.39, 0.29) is 5.57 Å². The quantitative estimate of drug-likeness (QED) is 0.346. The van der Waals surface area contributed by atoms with Crippen LogP contribution in [0.2, 0.25) is 5.02 Å². The van der Waals surface area contributed by atoms with Crippen molar-refractivity contribution in [3.05, 3.63) is 82.1 Å². The van der Waals surface area contributed by atoms with Gasteiger partial charge in [-0.1, -0.05) is 29.3 Å². The number of ether oxygens (including phenoxy) is 1. The van der Waals surface area contributed by atoms with Crippen LogP contribution in [0.3, 0.4) is 0 Å². The lowest BCUT2D eigenvalue weighted by Crippen LogP contribution is -2.13. The third-order valence-electron chi connectivity index (χ3n) is 4.24. The van der Waals surface area contributed by atoms with Crippen LogP contribution in [-0.4, -0.2) is 19.0 Å². The number of rotatable bonds is 5. The summed E-state index contributed by atoms with van der Waals surface area (Å²) in [5.41, 5.74) is 2.33. The number of furan rings is 1. The maximum absolute atomic E-state index is 12.4. The Morgan fingerprint density at radius 1 is 1.13 bits per heavy atom. The van der Waals surface area contributed by atoms with Crippen LogP contribution in [0.25, 0.3) is 17.4 Å². The van der Waals surface area contributed by atoms with E-state index in [1.54, 1.807) is 42.5 Å². The second-order valence-corrected chi connectivity index (χ2v) is 6.79. The van der Waals surface area contributed by atoms with Gasteiger partial charge >= 0.3 is 5.97 Å². The predicted octanol–water partition coefficient (Wildman–Crippen LogP) is 5.24. The fraction of sp³-hybridized carbons (Fsp3) is 0.0870. The average molecular weight is 421 g/mol. The number of hydrogen-bond acceptors (Lipinski definition) is 5. The molecule has 0 atom stereocenters. The van der Waals surface area contributed by atoms with E-state index in [4.69, 9.17) is 20.8 Å². The van der Waals surface area contributed by atoms with Gasteiger partial charge in [-0.05, 0) is 49.4 Å². The first kappa shape index (κ1) is 20.9. The number of carbonyl (C=O) groups excluding carboxylic acids is 2. The number of benzene rings is 2. The Balaban J connectivity index is 1.85. The highest BCUT2D eigenvalue weighted by atomic mass is 35.5. The molecular formula is C23H17ClN2O4. The molecule has 1 heterocycles. The molecule has 0 saturated heterocycles. The number of methoxy groups -OCH3 is 1. The van der Waals surface area contributed by atoms with Gasteiger partial charge in [0.1, 0.15) is 23.2 Å². The van der Waals surface area contributed by atoms with Gasteiger partial charge in [0.2, 0.25) is 0 Å². The van der Waals surface area contributed by atoms with Crippen molar-refractivity contribution in [3.8, 4) is 17.4 Å². The summed E-state index contributed by atoms with van der Waals surface area (Å²) in [6, 6.07) is 17.0. The molecule has 0 bridgehead atoms. The molecule has 0 aliphatic heterocycles. The number of amides is 1. The number of nitriles is 1. The molecule has 1 amide bonds. The van der Waals surface area contributed by atoms with Crippen molar-refractivity contribution < 1.29 is 18.7 Å². The SMILES string of the molecule is COC(=O)c1ccc(Cl)c(-c2ccc(/C=C(\C#N)C(=O)Nc3ccc(C)cc3)o2)c1. The summed E-state index contributed by atoms with van der Waals surface area (Å²) >= 11 is 6.23. The summed E-state index contributed by atoms with van der Waals surface area (Å²) in [4.78, 5) is 24.2. The van der Waals surface area contributed by atoms with Gasteiger partial charge in [0.15, 0.2) is 0 Å². The molecule has 0 aliphatic rings. The van der Waals surface area contributed by atoms with Crippen molar-refractivity contribution in [1.29, 1.82) is 5.26 Å². The molecule has 1 aromatic heterocycles. The molecule has 0 fully saturated rings. The first-order valence-electron chi connectivity index (χ1n) is 8.89. The zero-order valence-corrected chi connectivity index (χ0v) is 17.0. The molecule has 6 nitrogen and oxygen atoms in total. The van der Waals surface area contributed by atoms with Crippen molar-refractivity contribution in [2.45, 2.75) is 6.92 Å². The van der Waals surface area contributed by atoms with Crippen LogP contribution in [0.1, 0.15) is 21.7 Å². The fourth-order valence-electron chi connectivity index (χ4n) is 2.66. The minimum Gasteiger partial charge on any atom is -0.465 e. The average Bonchev–Trinajstić information content (AvgIpc) is 3.21. The molecule has 0 spiro atoms. The molecular weight excluding hydrogens is 404 g/mol. The van der Waals surface area contributed by atoms with Crippen molar-refractivity contribution in [2.75, 3.05) is 12.4 Å². The van der Waals surface area contributed by atoms with Crippen LogP contribution in [0.15, 0.2) is 64.6 Å². The third-order valence-corrected chi connectivity index (χ3v) is 4.57. The maximum Gasteiger partial charge on any atom is 0.337 e. The summed E-state index contributed by atoms with van der Waals surface area (Å²) in [6.07, 6.45) is 1.34. The van der Waals surface area contributed by atoms with E-state index >= 15 is 0 Å². The molecule has 0 aliphatic carbocycles. The molecule has 7 heteroatoms. The van der Waals surface area contributed by atoms with Gasteiger partial charge in [-0.25, -0.2) is 4.79 Å². The molecule has 1 N–H and O–H groups in total. The molecule has 150 valence electrons. The minimum atomic E-state index is -0.551. The monoisotopic (exact) mass is 420 g/mol. The van der Waals surface area contributed by atoms with Crippen molar-refractivity contribution in [1.82, 2.24) is 0 Å². The number of nitrogens with zero attached hydrogens (tertiary/aromatic N) is 1. The number of hydrogen-bond donors (Lipinski definition) is 1. The lowest BCUT2D eigenvalue weighted by atomic mass is 10.1. The van der Waals surface area contributed by atoms with E-state index < -0.39 is 11.9 Å². The van der Waals surface area contributed by atoms with Gasteiger partial charge in [-0.15, -0.1) is 0 Å². The molecule has 3 aromatic rings. The minimum absolute atomic E-state index is 0.120.